The zero-order valence-electron chi connectivity index (χ0n) is 11.9. The van der Waals surface area contributed by atoms with E-state index in [2.05, 4.69) is 5.32 Å². The number of carbonyl (C=O) groups is 2. The SMILES string of the molecule is CC(C)[C@@H](CCC(=O)Nc1ccccc1[N+](=O)[O-])C(=O)[O-]. The smallest absolute Gasteiger partial charge is 0.292 e. The van der Waals surface area contributed by atoms with Gasteiger partial charge in [-0.2, -0.15) is 0 Å². The Labute approximate surface area is 122 Å². The number of para-hydroxylation sites is 2. The summed E-state index contributed by atoms with van der Waals surface area (Å²) in [5, 5.41) is 24.2. The zero-order chi connectivity index (χ0) is 16.0. The number of aliphatic carboxylic acids is 1. The van der Waals surface area contributed by atoms with Crippen LogP contribution < -0.4 is 10.4 Å². The summed E-state index contributed by atoms with van der Waals surface area (Å²) in [6.45, 7) is 3.47. The molecule has 7 nitrogen and oxygen atoms in total. The van der Waals surface area contributed by atoms with E-state index in [0.29, 0.717) is 0 Å². The molecule has 0 aliphatic rings. The molecule has 0 bridgehead atoms. The lowest BCUT2D eigenvalue weighted by Crippen LogP contribution is -2.35. The Morgan fingerprint density at radius 3 is 2.43 bits per heavy atom. The van der Waals surface area contributed by atoms with Crippen molar-refractivity contribution in [3.05, 3.63) is 34.4 Å². The maximum Gasteiger partial charge on any atom is 0.292 e. The van der Waals surface area contributed by atoms with E-state index >= 15 is 0 Å². The fourth-order valence-corrected chi connectivity index (χ4v) is 1.96. The molecule has 1 N–H and O–H groups in total. The Kier molecular flexibility index (Phi) is 5.83. The number of anilines is 1. The van der Waals surface area contributed by atoms with E-state index < -0.39 is 22.7 Å². The third-order valence-corrected chi connectivity index (χ3v) is 3.16. The van der Waals surface area contributed by atoms with E-state index in [1.165, 1.54) is 18.2 Å². The second-order valence-corrected chi connectivity index (χ2v) is 5.03. The number of benzene rings is 1. The summed E-state index contributed by atoms with van der Waals surface area (Å²) in [4.78, 5) is 32.9. The van der Waals surface area contributed by atoms with Crippen molar-refractivity contribution in [1.82, 2.24) is 0 Å². The molecule has 0 saturated heterocycles. The summed E-state index contributed by atoms with van der Waals surface area (Å²) in [6, 6.07) is 5.78. The van der Waals surface area contributed by atoms with Crippen molar-refractivity contribution in [1.29, 1.82) is 0 Å². The maximum absolute atomic E-state index is 11.8. The van der Waals surface area contributed by atoms with E-state index in [-0.39, 0.29) is 30.1 Å². The number of carbonyl (C=O) groups excluding carboxylic acids is 2. The number of carboxylic acid groups (broad SMARTS) is 1. The van der Waals surface area contributed by atoms with Gasteiger partial charge in [-0.1, -0.05) is 26.0 Å². The minimum Gasteiger partial charge on any atom is -0.550 e. The first kappa shape index (κ1) is 16.6. The van der Waals surface area contributed by atoms with Crippen molar-refractivity contribution >= 4 is 23.3 Å². The average molecular weight is 293 g/mol. The van der Waals surface area contributed by atoms with Gasteiger partial charge in [0.15, 0.2) is 0 Å². The summed E-state index contributed by atoms with van der Waals surface area (Å²) in [5.74, 6) is -2.52. The van der Waals surface area contributed by atoms with Gasteiger partial charge < -0.3 is 15.2 Å². The topological polar surface area (TPSA) is 112 Å². The first-order chi connectivity index (χ1) is 9.82. The molecular weight excluding hydrogens is 276 g/mol. The van der Waals surface area contributed by atoms with Gasteiger partial charge in [-0.15, -0.1) is 0 Å². The molecule has 0 aliphatic heterocycles. The highest BCUT2D eigenvalue weighted by atomic mass is 16.6. The van der Waals surface area contributed by atoms with E-state index in [4.69, 9.17) is 0 Å². The summed E-state index contributed by atoms with van der Waals surface area (Å²) < 4.78 is 0. The van der Waals surface area contributed by atoms with Gasteiger partial charge in [-0.25, -0.2) is 0 Å². The van der Waals surface area contributed by atoms with Gasteiger partial charge in [0.2, 0.25) is 5.91 Å². The molecule has 0 saturated carbocycles. The minimum atomic E-state index is -1.19. The first-order valence-electron chi connectivity index (χ1n) is 6.57. The lowest BCUT2D eigenvalue weighted by Gasteiger charge is -2.21. The molecule has 0 unspecified atom stereocenters. The van der Waals surface area contributed by atoms with Gasteiger partial charge in [0.1, 0.15) is 5.69 Å². The summed E-state index contributed by atoms with van der Waals surface area (Å²) in [6.07, 6.45) is 0.0926. The van der Waals surface area contributed by atoms with Crippen LogP contribution in [0.25, 0.3) is 0 Å². The van der Waals surface area contributed by atoms with Crippen LogP contribution in [0.15, 0.2) is 24.3 Å². The Bertz CT molecular complexity index is 542. The van der Waals surface area contributed by atoms with Gasteiger partial charge in [0.05, 0.1) is 4.92 Å². The van der Waals surface area contributed by atoms with Gasteiger partial charge in [-0.05, 0) is 18.4 Å². The van der Waals surface area contributed by atoms with E-state index in [9.17, 15) is 24.8 Å². The number of nitrogens with one attached hydrogen (secondary N) is 1. The fourth-order valence-electron chi connectivity index (χ4n) is 1.96. The molecule has 1 aromatic rings. The van der Waals surface area contributed by atoms with Gasteiger partial charge in [0, 0.05) is 24.4 Å². The number of carboxylic acids is 1. The van der Waals surface area contributed by atoms with Crippen LogP contribution in [-0.2, 0) is 9.59 Å². The Morgan fingerprint density at radius 2 is 1.90 bits per heavy atom. The molecule has 1 rings (SSSR count). The van der Waals surface area contributed by atoms with Crippen LogP contribution in [0.3, 0.4) is 0 Å². The fraction of sp³-hybridized carbons (Fsp3) is 0.429. The summed E-state index contributed by atoms with van der Waals surface area (Å²) in [7, 11) is 0. The van der Waals surface area contributed by atoms with Gasteiger partial charge in [0.25, 0.3) is 5.69 Å². The molecule has 0 aliphatic carbocycles. The van der Waals surface area contributed by atoms with Crippen molar-refractivity contribution in [2.24, 2.45) is 11.8 Å². The highest BCUT2D eigenvalue weighted by molar-refractivity contribution is 5.93. The lowest BCUT2D eigenvalue weighted by molar-refractivity contribution is -0.383. The van der Waals surface area contributed by atoms with Crippen molar-refractivity contribution in [3.63, 3.8) is 0 Å². The van der Waals surface area contributed by atoms with Crippen LogP contribution in [0.5, 0.6) is 0 Å². The lowest BCUT2D eigenvalue weighted by atomic mass is 9.91. The molecule has 0 heterocycles. The largest absolute Gasteiger partial charge is 0.550 e. The van der Waals surface area contributed by atoms with Crippen molar-refractivity contribution in [2.45, 2.75) is 26.7 Å². The normalized spacial score (nSPS) is 12.0. The van der Waals surface area contributed by atoms with Crippen molar-refractivity contribution in [3.8, 4) is 0 Å². The number of hydrogen-bond acceptors (Lipinski definition) is 5. The predicted octanol–water partition coefficient (Wildman–Crippen LogP) is 1.34. The Hall–Kier alpha value is -2.44. The van der Waals surface area contributed by atoms with Crippen LogP contribution in [0, 0.1) is 22.0 Å². The second kappa shape index (κ2) is 7.37. The number of amides is 1. The minimum absolute atomic E-state index is 0.0388. The molecule has 0 radical (unpaired) electrons. The monoisotopic (exact) mass is 293 g/mol. The zero-order valence-corrected chi connectivity index (χ0v) is 11.9. The molecule has 114 valence electrons. The Balaban J connectivity index is 2.66. The number of hydrogen-bond donors (Lipinski definition) is 1. The molecule has 7 heteroatoms. The predicted molar refractivity (Wildman–Crippen MR) is 74.3 cm³/mol. The number of rotatable bonds is 7. The summed E-state index contributed by atoms with van der Waals surface area (Å²) >= 11 is 0. The third kappa shape index (κ3) is 4.87. The molecule has 1 atom stereocenters. The molecule has 1 amide bonds. The van der Waals surface area contributed by atoms with Gasteiger partial charge in [-0.3, -0.25) is 14.9 Å². The van der Waals surface area contributed by atoms with Crippen LogP contribution in [-0.4, -0.2) is 16.8 Å². The van der Waals surface area contributed by atoms with E-state index in [1.807, 2.05) is 0 Å². The second-order valence-electron chi connectivity index (χ2n) is 5.03. The van der Waals surface area contributed by atoms with Crippen LogP contribution in [0.1, 0.15) is 26.7 Å². The molecule has 21 heavy (non-hydrogen) atoms. The summed E-state index contributed by atoms with van der Waals surface area (Å²) in [5.41, 5.74) is -0.104. The third-order valence-electron chi connectivity index (χ3n) is 3.16. The first-order valence-corrected chi connectivity index (χ1v) is 6.57. The Morgan fingerprint density at radius 1 is 1.29 bits per heavy atom. The van der Waals surface area contributed by atoms with Crippen molar-refractivity contribution < 1.29 is 19.6 Å². The highest BCUT2D eigenvalue weighted by Gasteiger charge is 2.18. The molecule has 0 aromatic heterocycles. The van der Waals surface area contributed by atoms with Crippen LogP contribution in [0.2, 0.25) is 0 Å². The van der Waals surface area contributed by atoms with Crippen LogP contribution in [0.4, 0.5) is 11.4 Å². The molecule has 1 aromatic carbocycles. The molecule has 0 spiro atoms. The average Bonchev–Trinajstić information content (AvgIpc) is 2.38. The van der Waals surface area contributed by atoms with E-state index in [0.717, 1.165) is 0 Å². The van der Waals surface area contributed by atoms with Crippen LogP contribution >= 0.6 is 0 Å². The highest BCUT2D eigenvalue weighted by Crippen LogP contribution is 2.24. The van der Waals surface area contributed by atoms with Crippen molar-refractivity contribution in [2.75, 3.05) is 5.32 Å². The van der Waals surface area contributed by atoms with Gasteiger partial charge >= 0.3 is 0 Å². The number of nitro benzene ring substituents is 1. The molecular formula is C14H17N2O5-. The quantitative estimate of drug-likeness (QED) is 0.602. The molecule has 0 fully saturated rings. The maximum atomic E-state index is 11.8. The standard InChI is InChI=1S/C14H18N2O5/c1-9(2)10(14(18)19)7-8-13(17)15-11-5-3-4-6-12(11)16(20)21/h3-6,9-10H,7-8H2,1-2H3,(H,15,17)(H,18,19)/p-1/t10-/m1/s1. The number of nitro groups is 1. The number of nitrogens with zero attached hydrogens (tertiary/aromatic N) is 1. The van der Waals surface area contributed by atoms with E-state index in [1.54, 1.807) is 19.9 Å².